The Labute approximate surface area is 239 Å². The second-order valence-corrected chi connectivity index (χ2v) is 11.4. The monoisotopic (exact) mass is 585 g/mol. The quantitative estimate of drug-likeness (QED) is 0.265. The van der Waals surface area contributed by atoms with Gasteiger partial charge in [0.2, 0.25) is 0 Å². The third-order valence-corrected chi connectivity index (χ3v) is 9.13. The smallest absolute Gasteiger partial charge is 0.416 e. The number of alkyl halides is 3. The van der Waals surface area contributed by atoms with Crippen molar-refractivity contribution in [2.75, 3.05) is 5.75 Å². The topological polar surface area (TPSA) is 118 Å². The Balaban J connectivity index is 1.78. The summed E-state index contributed by atoms with van der Waals surface area (Å²) in [7, 11) is 0. The van der Waals surface area contributed by atoms with Crippen LogP contribution in [0.1, 0.15) is 52.6 Å². The zero-order chi connectivity index (χ0) is 29.8. The van der Waals surface area contributed by atoms with Crippen LogP contribution in [0, 0.1) is 5.92 Å². The Kier molecular flexibility index (Phi) is 9.24. The highest BCUT2D eigenvalue weighted by Crippen LogP contribution is 2.53. The van der Waals surface area contributed by atoms with Crippen LogP contribution in [0.15, 0.2) is 72.8 Å². The lowest BCUT2D eigenvalue weighted by atomic mass is 9.81. The van der Waals surface area contributed by atoms with Gasteiger partial charge in [0.1, 0.15) is 11.8 Å². The first-order valence-corrected chi connectivity index (χ1v) is 14.1. The van der Waals surface area contributed by atoms with Crippen molar-refractivity contribution in [3.05, 3.63) is 106 Å². The molecular formula is C31H30F3NO5S. The van der Waals surface area contributed by atoms with Crippen LogP contribution in [0.25, 0.3) is 0 Å². The van der Waals surface area contributed by atoms with Crippen LogP contribution >= 0.6 is 11.8 Å². The highest BCUT2D eigenvalue weighted by atomic mass is 32.2. The number of fused-ring (bicyclic) bond motifs is 2. The minimum atomic E-state index is -4.52. The van der Waals surface area contributed by atoms with E-state index in [0.29, 0.717) is 18.4 Å². The minimum Gasteiger partial charge on any atom is -0.481 e. The maximum Gasteiger partial charge on any atom is 0.416 e. The van der Waals surface area contributed by atoms with Gasteiger partial charge in [0.05, 0.1) is 16.2 Å². The molecule has 0 fully saturated rings. The van der Waals surface area contributed by atoms with Gasteiger partial charge in [-0.25, -0.2) is 0 Å². The summed E-state index contributed by atoms with van der Waals surface area (Å²) in [6, 6.07) is 19.1. The molecule has 10 heteroatoms. The maximum absolute atomic E-state index is 13.5. The fourth-order valence-corrected chi connectivity index (χ4v) is 7.01. The lowest BCUT2D eigenvalue weighted by Crippen LogP contribution is -2.32. The Morgan fingerprint density at radius 3 is 1.88 bits per heavy atom. The van der Waals surface area contributed by atoms with Crippen molar-refractivity contribution in [2.24, 2.45) is 11.7 Å². The molecule has 4 N–H and O–H groups in total. The molecule has 0 saturated heterocycles. The number of ketones is 1. The number of aryl methyl sites for hydroxylation is 2. The molecular weight excluding hydrogens is 555 g/mol. The number of rotatable bonds is 11. The summed E-state index contributed by atoms with van der Waals surface area (Å²) >= 11 is 1.28. The molecule has 2 atom stereocenters. The molecule has 3 aromatic carbocycles. The van der Waals surface area contributed by atoms with Crippen molar-refractivity contribution in [2.45, 2.75) is 49.1 Å². The molecule has 41 heavy (non-hydrogen) atoms. The van der Waals surface area contributed by atoms with Gasteiger partial charge in [0, 0.05) is 18.6 Å². The van der Waals surface area contributed by atoms with Crippen LogP contribution in [0.5, 0.6) is 0 Å². The van der Waals surface area contributed by atoms with Gasteiger partial charge in [-0.2, -0.15) is 13.2 Å². The second-order valence-electron chi connectivity index (χ2n) is 10.1. The fourth-order valence-electron chi connectivity index (χ4n) is 5.28. The zero-order valence-electron chi connectivity index (χ0n) is 22.1. The number of halogens is 3. The summed E-state index contributed by atoms with van der Waals surface area (Å²) in [6.45, 7) is 0. The van der Waals surface area contributed by atoms with E-state index in [4.69, 9.17) is 10.8 Å². The number of Topliss-reactive ketones (excluding diaryl/α,β-unsaturated/α-hetero) is 1. The van der Waals surface area contributed by atoms with E-state index in [0.717, 1.165) is 34.4 Å². The van der Waals surface area contributed by atoms with E-state index in [2.05, 4.69) is 0 Å². The first kappa shape index (κ1) is 30.3. The van der Waals surface area contributed by atoms with Gasteiger partial charge in [-0.15, -0.1) is 11.8 Å². The van der Waals surface area contributed by atoms with Crippen molar-refractivity contribution in [1.29, 1.82) is 0 Å². The number of hydrogen-bond donors (Lipinski definition) is 3. The van der Waals surface area contributed by atoms with Gasteiger partial charge in [-0.05, 0) is 59.2 Å². The minimum absolute atomic E-state index is 0.0181. The number of benzene rings is 3. The number of aliphatic carboxylic acids is 2. The predicted octanol–water partition coefficient (Wildman–Crippen LogP) is 5.68. The molecule has 1 aliphatic carbocycles. The molecule has 216 valence electrons. The van der Waals surface area contributed by atoms with E-state index in [9.17, 15) is 32.7 Å². The SMILES string of the molecule is N[C@@H](CCC(=O)C[C@@H](CSC1(c2ccc(C(F)(F)F)cc2)c2ccccc2CCc2ccccc21)C(=O)O)C(=O)O. The molecule has 0 heterocycles. The van der Waals surface area contributed by atoms with Crippen molar-refractivity contribution in [3.63, 3.8) is 0 Å². The Morgan fingerprint density at radius 2 is 1.39 bits per heavy atom. The van der Waals surface area contributed by atoms with Gasteiger partial charge in [0.15, 0.2) is 0 Å². The van der Waals surface area contributed by atoms with E-state index in [1.807, 2.05) is 48.5 Å². The molecule has 0 unspecified atom stereocenters. The molecule has 6 nitrogen and oxygen atoms in total. The van der Waals surface area contributed by atoms with Crippen molar-refractivity contribution < 1.29 is 37.8 Å². The largest absolute Gasteiger partial charge is 0.481 e. The van der Waals surface area contributed by atoms with E-state index in [-0.39, 0.29) is 25.0 Å². The third kappa shape index (κ3) is 6.65. The summed E-state index contributed by atoms with van der Waals surface area (Å²) in [5.41, 5.74) is 9.00. The average molecular weight is 586 g/mol. The summed E-state index contributed by atoms with van der Waals surface area (Å²) < 4.78 is 39.4. The molecule has 0 aromatic heterocycles. The first-order valence-electron chi connectivity index (χ1n) is 13.1. The number of carbonyl (C=O) groups excluding carboxylic acids is 1. The van der Waals surface area contributed by atoms with Gasteiger partial charge in [0.25, 0.3) is 0 Å². The van der Waals surface area contributed by atoms with Gasteiger partial charge in [-0.1, -0.05) is 60.7 Å². The molecule has 0 radical (unpaired) electrons. The number of thioether (sulfide) groups is 1. The molecule has 1 aliphatic rings. The molecule has 4 rings (SSSR count). The van der Waals surface area contributed by atoms with Crippen molar-refractivity contribution in [1.82, 2.24) is 0 Å². The molecule has 0 bridgehead atoms. The lowest BCUT2D eigenvalue weighted by Gasteiger charge is -2.37. The Bertz CT molecular complexity index is 1380. The van der Waals surface area contributed by atoms with E-state index >= 15 is 0 Å². The highest BCUT2D eigenvalue weighted by Gasteiger charge is 2.43. The molecule has 0 saturated carbocycles. The Hall–Kier alpha value is -3.63. The van der Waals surface area contributed by atoms with Crippen molar-refractivity contribution >= 4 is 29.5 Å². The number of hydrogen-bond acceptors (Lipinski definition) is 5. The fraction of sp³-hybridized carbons (Fsp3) is 0.323. The average Bonchev–Trinajstić information content (AvgIpc) is 3.08. The molecule has 0 spiro atoms. The molecule has 3 aromatic rings. The third-order valence-electron chi connectivity index (χ3n) is 7.45. The Morgan fingerprint density at radius 1 is 0.854 bits per heavy atom. The molecule has 0 aliphatic heterocycles. The van der Waals surface area contributed by atoms with Crippen LogP contribution in [0.4, 0.5) is 13.2 Å². The number of nitrogens with two attached hydrogens (primary N) is 1. The van der Waals surface area contributed by atoms with Gasteiger partial charge < -0.3 is 15.9 Å². The number of carboxylic acid groups (broad SMARTS) is 2. The lowest BCUT2D eigenvalue weighted by molar-refractivity contribution is -0.143. The van der Waals surface area contributed by atoms with E-state index in [1.165, 1.54) is 23.9 Å². The summed E-state index contributed by atoms with van der Waals surface area (Å²) in [6.07, 6.45) is -3.72. The molecule has 0 amide bonds. The van der Waals surface area contributed by atoms with Crippen LogP contribution in [-0.2, 0) is 38.1 Å². The highest BCUT2D eigenvalue weighted by molar-refractivity contribution is 8.00. The second kappa shape index (κ2) is 12.5. The van der Waals surface area contributed by atoms with Crippen molar-refractivity contribution in [3.8, 4) is 0 Å². The predicted molar refractivity (Wildman–Crippen MR) is 150 cm³/mol. The van der Waals surface area contributed by atoms with E-state index < -0.39 is 46.2 Å². The summed E-state index contributed by atoms with van der Waals surface area (Å²) in [4.78, 5) is 35.9. The zero-order valence-corrected chi connectivity index (χ0v) is 22.9. The summed E-state index contributed by atoms with van der Waals surface area (Å²) in [5.74, 6) is -3.98. The van der Waals surface area contributed by atoms with Crippen LogP contribution in [-0.4, -0.2) is 39.7 Å². The standard InChI is InChI=1S/C31H30F3NO5S/c32-31(33,34)23-13-11-22(12-14-23)30(41-18-21(28(37)38)17-24(36)15-16-27(35)29(39)40)25-7-3-1-5-19(25)9-10-20-6-2-4-8-26(20)30/h1-8,11-14,21,27H,9-10,15-18,35H2,(H,37,38)(H,39,40)/t21-,27-/m0/s1. The number of carboxylic acids is 2. The van der Waals surface area contributed by atoms with Gasteiger partial charge in [-0.3, -0.25) is 14.4 Å². The van der Waals surface area contributed by atoms with Gasteiger partial charge >= 0.3 is 18.1 Å². The van der Waals surface area contributed by atoms with Crippen LogP contribution < -0.4 is 5.73 Å². The first-order chi connectivity index (χ1) is 19.4. The van der Waals surface area contributed by atoms with E-state index in [1.54, 1.807) is 0 Å². The van der Waals surface area contributed by atoms with Crippen LogP contribution in [0.3, 0.4) is 0 Å². The maximum atomic E-state index is 13.5. The number of carbonyl (C=O) groups is 3. The summed E-state index contributed by atoms with van der Waals surface area (Å²) in [5, 5.41) is 19.0. The normalized spacial score (nSPS) is 15.6. The van der Waals surface area contributed by atoms with Crippen LogP contribution in [0.2, 0.25) is 0 Å².